The Labute approximate surface area is 161 Å². The fourth-order valence-corrected chi connectivity index (χ4v) is 3.06. The van der Waals surface area contributed by atoms with Crippen molar-refractivity contribution in [2.45, 2.75) is 26.7 Å². The number of benzene rings is 2. The van der Waals surface area contributed by atoms with Gasteiger partial charge in [0.1, 0.15) is 0 Å². The van der Waals surface area contributed by atoms with E-state index in [-0.39, 0.29) is 11.6 Å². The van der Waals surface area contributed by atoms with E-state index in [2.05, 4.69) is 29.8 Å². The van der Waals surface area contributed by atoms with Gasteiger partial charge in [-0.05, 0) is 39.1 Å². The summed E-state index contributed by atoms with van der Waals surface area (Å²) in [5, 5.41) is 9.30. The van der Waals surface area contributed by atoms with Crippen LogP contribution in [0.3, 0.4) is 0 Å². The van der Waals surface area contributed by atoms with E-state index in [0.717, 1.165) is 37.3 Å². The van der Waals surface area contributed by atoms with Gasteiger partial charge in [0.05, 0.1) is 11.1 Å². The lowest BCUT2D eigenvalue weighted by atomic mass is 9.82. The average Bonchev–Trinajstić information content (AvgIpc) is 2.68. The third kappa shape index (κ3) is 4.37. The van der Waals surface area contributed by atoms with Gasteiger partial charge in [0.25, 0.3) is 0 Å². The van der Waals surface area contributed by atoms with Crippen LogP contribution in [0.1, 0.15) is 58.5 Å². The van der Waals surface area contributed by atoms with E-state index in [1.807, 2.05) is 38.4 Å². The summed E-state index contributed by atoms with van der Waals surface area (Å²) in [5.41, 5.74) is 3.44. The largest absolute Gasteiger partial charge is 0.384 e. The molecular formula is C22H29N3O2. The van der Waals surface area contributed by atoms with Crippen LogP contribution in [0.15, 0.2) is 36.4 Å². The Hall–Kier alpha value is -2.66. The number of ketones is 2. The second-order valence-corrected chi connectivity index (χ2v) is 6.47. The number of anilines is 2. The first-order valence-electron chi connectivity index (χ1n) is 9.52. The van der Waals surface area contributed by atoms with Crippen LogP contribution in [-0.4, -0.2) is 38.8 Å². The number of carbonyl (C=O) groups is 2. The lowest BCUT2D eigenvalue weighted by molar-refractivity contribution is 0.0980. The number of nitrogens with one attached hydrogen (secondary N) is 3. The summed E-state index contributed by atoms with van der Waals surface area (Å²) in [6, 6.07) is 10.9. The molecule has 0 fully saturated rings. The summed E-state index contributed by atoms with van der Waals surface area (Å²) in [5.74, 6) is -0.169. The molecular weight excluding hydrogens is 338 g/mol. The molecule has 0 bridgehead atoms. The molecule has 1 aliphatic carbocycles. The lowest BCUT2D eigenvalue weighted by Crippen LogP contribution is -2.24. The van der Waals surface area contributed by atoms with Crippen LogP contribution in [0.25, 0.3) is 0 Å². The maximum absolute atomic E-state index is 13.2. The summed E-state index contributed by atoms with van der Waals surface area (Å²) in [4.78, 5) is 26.1. The minimum absolute atomic E-state index is 0.0834. The van der Waals surface area contributed by atoms with E-state index < -0.39 is 0 Å². The van der Waals surface area contributed by atoms with E-state index in [1.165, 1.54) is 0 Å². The van der Waals surface area contributed by atoms with Gasteiger partial charge in [-0.2, -0.15) is 0 Å². The molecule has 3 N–H and O–H groups in total. The van der Waals surface area contributed by atoms with E-state index in [9.17, 15) is 9.59 Å². The molecule has 0 aromatic heterocycles. The van der Waals surface area contributed by atoms with Gasteiger partial charge in [-0.25, -0.2) is 0 Å². The summed E-state index contributed by atoms with van der Waals surface area (Å²) >= 11 is 0. The second-order valence-electron chi connectivity index (χ2n) is 6.47. The van der Waals surface area contributed by atoms with Gasteiger partial charge in [-0.3, -0.25) is 9.59 Å². The van der Waals surface area contributed by atoms with Gasteiger partial charge in [0, 0.05) is 35.6 Å². The van der Waals surface area contributed by atoms with Crippen LogP contribution >= 0.6 is 0 Å². The SMILES string of the molecule is CCCNc1cccc2c1C(=O)c1c(NCCC)cccc1C2=O.CNC. The van der Waals surface area contributed by atoms with E-state index in [0.29, 0.717) is 22.3 Å². The molecule has 5 nitrogen and oxygen atoms in total. The third-order valence-corrected chi connectivity index (χ3v) is 4.20. The topological polar surface area (TPSA) is 70.2 Å². The molecule has 1 aliphatic rings. The highest BCUT2D eigenvalue weighted by atomic mass is 16.1. The van der Waals surface area contributed by atoms with Crippen molar-refractivity contribution in [1.29, 1.82) is 0 Å². The summed E-state index contributed by atoms with van der Waals surface area (Å²) in [7, 11) is 3.75. The molecule has 2 aromatic carbocycles. The average molecular weight is 367 g/mol. The Balaban J connectivity index is 0.000000817. The van der Waals surface area contributed by atoms with E-state index in [4.69, 9.17) is 0 Å². The molecule has 0 spiro atoms. The highest BCUT2D eigenvalue weighted by Gasteiger charge is 2.33. The smallest absolute Gasteiger partial charge is 0.198 e. The predicted octanol–water partition coefficient (Wildman–Crippen LogP) is 3.94. The highest BCUT2D eigenvalue weighted by Crippen LogP contribution is 2.35. The molecule has 0 unspecified atom stereocenters. The van der Waals surface area contributed by atoms with Gasteiger partial charge in [-0.15, -0.1) is 0 Å². The first-order chi connectivity index (χ1) is 13.1. The second kappa shape index (κ2) is 9.88. The molecule has 5 heteroatoms. The molecule has 0 amide bonds. The van der Waals surface area contributed by atoms with Crippen molar-refractivity contribution in [2.75, 3.05) is 37.8 Å². The molecule has 0 saturated heterocycles. The maximum Gasteiger partial charge on any atom is 0.198 e. The zero-order chi connectivity index (χ0) is 19.8. The van der Waals surface area contributed by atoms with Crippen molar-refractivity contribution < 1.29 is 9.59 Å². The van der Waals surface area contributed by atoms with Crippen molar-refractivity contribution in [2.24, 2.45) is 0 Å². The summed E-state index contributed by atoms with van der Waals surface area (Å²) in [6.07, 6.45) is 1.90. The number of carbonyl (C=O) groups excluding carboxylic acids is 2. The summed E-state index contributed by atoms with van der Waals surface area (Å²) in [6.45, 7) is 5.66. The van der Waals surface area contributed by atoms with Crippen molar-refractivity contribution in [3.63, 3.8) is 0 Å². The van der Waals surface area contributed by atoms with E-state index >= 15 is 0 Å². The minimum Gasteiger partial charge on any atom is -0.384 e. The zero-order valence-electron chi connectivity index (χ0n) is 16.6. The fraction of sp³-hybridized carbons (Fsp3) is 0.364. The van der Waals surface area contributed by atoms with Crippen LogP contribution < -0.4 is 16.0 Å². The van der Waals surface area contributed by atoms with Gasteiger partial charge in [0.15, 0.2) is 11.6 Å². The Morgan fingerprint density at radius 1 is 0.704 bits per heavy atom. The van der Waals surface area contributed by atoms with Crippen LogP contribution in [0.5, 0.6) is 0 Å². The predicted molar refractivity (Wildman–Crippen MR) is 112 cm³/mol. The molecule has 0 saturated carbocycles. The van der Waals surface area contributed by atoms with Crippen molar-refractivity contribution in [3.05, 3.63) is 58.7 Å². The Morgan fingerprint density at radius 2 is 1.11 bits per heavy atom. The normalized spacial score (nSPS) is 11.9. The monoisotopic (exact) mass is 367 g/mol. The minimum atomic E-state index is -0.0852. The first kappa shape index (κ1) is 20.6. The summed E-state index contributed by atoms with van der Waals surface area (Å²) < 4.78 is 0. The molecule has 0 atom stereocenters. The molecule has 0 aliphatic heterocycles. The van der Waals surface area contributed by atoms with Crippen LogP contribution in [0, 0.1) is 0 Å². The Bertz CT molecular complexity index is 752. The van der Waals surface area contributed by atoms with Crippen LogP contribution in [0.2, 0.25) is 0 Å². The van der Waals surface area contributed by atoms with Crippen molar-refractivity contribution in [3.8, 4) is 0 Å². The molecule has 0 heterocycles. The molecule has 2 aromatic rings. The van der Waals surface area contributed by atoms with Gasteiger partial charge < -0.3 is 16.0 Å². The number of rotatable bonds is 6. The number of fused-ring (bicyclic) bond motifs is 2. The first-order valence-corrected chi connectivity index (χ1v) is 9.52. The van der Waals surface area contributed by atoms with Crippen LogP contribution in [-0.2, 0) is 0 Å². The Morgan fingerprint density at radius 3 is 1.48 bits per heavy atom. The zero-order valence-corrected chi connectivity index (χ0v) is 16.6. The molecule has 3 rings (SSSR count). The quantitative estimate of drug-likeness (QED) is 0.616. The van der Waals surface area contributed by atoms with Crippen molar-refractivity contribution in [1.82, 2.24) is 5.32 Å². The van der Waals surface area contributed by atoms with Crippen LogP contribution in [0.4, 0.5) is 11.4 Å². The van der Waals surface area contributed by atoms with Gasteiger partial charge in [-0.1, -0.05) is 38.1 Å². The van der Waals surface area contributed by atoms with Gasteiger partial charge >= 0.3 is 0 Å². The number of hydrogen-bond acceptors (Lipinski definition) is 5. The highest BCUT2D eigenvalue weighted by molar-refractivity contribution is 6.31. The third-order valence-electron chi connectivity index (χ3n) is 4.20. The maximum atomic E-state index is 13.2. The number of hydrogen-bond donors (Lipinski definition) is 3. The van der Waals surface area contributed by atoms with Gasteiger partial charge in [0.2, 0.25) is 0 Å². The molecule has 144 valence electrons. The van der Waals surface area contributed by atoms with E-state index in [1.54, 1.807) is 12.1 Å². The lowest BCUT2D eigenvalue weighted by Gasteiger charge is -2.23. The van der Waals surface area contributed by atoms with Crippen molar-refractivity contribution >= 4 is 22.9 Å². The molecule has 0 radical (unpaired) electrons. The molecule has 27 heavy (non-hydrogen) atoms. The Kier molecular flexibility index (Phi) is 7.55. The standard InChI is InChI=1S/C20H22N2O2.C2H7N/c1-3-11-21-15-9-5-7-13-17(15)20(24)18-14(19(13)23)8-6-10-16(18)22-12-4-2;1-3-2/h5-10,21-22H,3-4,11-12H2,1-2H3;3H,1-2H3. The fourth-order valence-electron chi connectivity index (χ4n) is 3.06.